The molecular weight excluding hydrogens is 401 g/mol. The van der Waals surface area contributed by atoms with Crippen LogP contribution in [0.2, 0.25) is 0 Å². The first-order valence-electron chi connectivity index (χ1n) is 9.64. The Morgan fingerprint density at radius 3 is 2.57 bits per heavy atom. The van der Waals surface area contributed by atoms with Crippen molar-refractivity contribution in [2.75, 3.05) is 31.1 Å². The molecule has 30 heavy (non-hydrogen) atoms. The topological polar surface area (TPSA) is 60.5 Å². The van der Waals surface area contributed by atoms with Crippen LogP contribution in [-0.4, -0.2) is 37.0 Å². The lowest BCUT2D eigenvalue weighted by atomic mass is 10.1. The number of piperazine rings is 1. The van der Waals surface area contributed by atoms with E-state index in [2.05, 4.69) is 0 Å². The zero-order valence-electron chi connectivity index (χ0n) is 16.3. The number of anilines is 1. The molecule has 0 aliphatic carbocycles. The molecule has 0 unspecified atom stereocenters. The quantitative estimate of drug-likeness (QED) is 0.566. The molecule has 5 nitrogen and oxygen atoms in total. The summed E-state index contributed by atoms with van der Waals surface area (Å²) >= 11 is 1.65. The predicted molar refractivity (Wildman–Crippen MR) is 114 cm³/mol. The van der Waals surface area contributed by atoms with E-state index >= 15 is 0 Å². The highest BCUT2D eigenvalue weighted by Gasteiger charge is 2.27. The van der Waals surface area contributed by atoms with Crippen LogP contribution in [0.4, 0.5) is 10.1 Å². The van der Waals surface area contributed by atoms with Crippen LogP contribution in [0.3, 0.4) is 0 Å². The van der Waals surface area contributed by atoms with Gasteiger partial charge < -0.3 is 14.2 Å². The second-order valence-corrected chi connectivity index (χ2v) is 7.95. The summed E-state index contributed by atoms with van der Waals surface area (Å²) in [5.41, 5.74) is 1.49. The molecule has 1 saturated heterocycles. The molecule has 152 valence electrons. The fraction of sp³-hybridized carbons (Fsp3) is 0.217. The van der Waals surface area contributed by atoms with E-state index < -0.39 is 5.82 Å². The summed E-state index contributed by atoms with van der Waals surface area (Å²) in [4.78, 5) is 17.8. The molecule has 0 N–H and O–H groups in total. The number of thioether (sulfide) groups is 1. The fourth-order valence-electron chi connectivity index (χ4n) is 3.50. The summed E-state index contributed by atoms with van der Waals surface area (Å²) < 4.78 is 19.4. The van der Waals surface area contributed by atoms with Crippen molar-refractivity contribution >= 4 is 23.4 Å². The third-order valence-electron chi connectivity index (χ3n) is 5.09. The third-order valence-corrected chi connectivity index (χ3v) is 6.15. The molecule has 1 amide bonds. The second-order valence-electron chi connectivity index (χ2n) is 6.90. The molecule has 2 aromatic carbocycles. The SMILES string of the molecule is N#Cc1c(F)cccc1N1CCN(C(=O)c2occc2CSc2ccccc2)CC1. The van der Waals surface area contributed by atoms with Gasteiger partial charge in [0.15, 0.2) is 5.76 Å². The van der Waals surface area contributed by atoms with Crippen molar-refractivity contribution in [3.63, 3.8) is 0 Å². The van der Waals surface area contributed by atoms with Crippen LogP contribution in [0.1, 0.15) is 21.7 Å². The lowest BCUT2D eigenvalue weighted by Gasteiger charge is -2.36. The number of furan rings is 1. The summed E-state index contributed by atoms with van der Waals surface area (Å²) in [5.74, 6) is 0.360. The van der Waals surface area contributed by atoms with Gasteiger partial charge in [0, 0.05) is 42.4 Å². The maximum absolute atomic E-state index is 13.9. The maximum atomic E-state index is 13.9. The molecule has 1 aliphatic rings. The van der Waals surface area contributed by atoms with Crippen LogP contribution in [0.15, 0.2) is 70.2 Å². The van der Waals surface area contributed by atoms with E-state index in [-0.39, 0.29) is 11.5 Å². The van der Waals surface area contributed by atoms with Gasteiger partial charge in [0.1, 0.15) is 17.4 Å². The minimum absolute atomic E-state index is 0.0449. The molecule has 4 rings (SSSR count). The summed E-state index contributed by atoms with van der Waals surface area (Å²) in [5, 5.41) is 9.26. The van der Waals surface area contributed by atoms with Crippen LogP contribution in [0, 0.1) is 17.1 Å². The van der Waals surface area contributed by atoms with Gasteiger partial charge in [0.05, 0.1) is 12.0 Å². The Hall–Kier alpha value is -3.24. The van der Waals surface area contributed by atoms with E-state index in [0.717, 1.165) is 10.5 Å². The van der Waals surface area contributed by atoms with Crippen LogP contribution >= 0.6 is 11.8 Å². The minimum Gasteiger partial charge on any atom is -0.459 e. The van der Waals surface area contributed by atoms with Gasteiger partial charge in [0.25, 0.3) is 5.91 Å². The van der Waals surface area contributed by atoms with E-state index in [1.54, 1.807) is 35.1 Å². The van der Waals surface area contributed by atoms with E-state index in [9.17, 15) is 14.4 Å². The molecule has 3 aromatic rings. The number of carbonyl (C=O) groups is 1. The van der Waals surface area contributed by atoms with Gasteiger partial charge in [-0.1, -0.05) is 24.3 Å². The number of nitriles is 1. The maximum Gasteiger partial charge on any atom is 0.289 e. The monoisotopic (exact) mass is 421 g/mol. The second kappa shape index (κ2) is 9.06. The van der Waals surface area contributed by atoms with Gasteiger partial charge in [-0.2, -0.15) is 5.26 Å². The predicted octanol–water partition coefficient (Wildman–Crippen LogP) is 4.55. The highest BCUT2D eigenvalue weighted by Crippen LogP contribution is 2.27. The van der Waals surface area contributed by atoms with Gasteiger partial charge in [-0.05, 0) is 30.3 Å². The third kappa shape index (κ3) is 4.19. The Balaban J connectivity index is 1.40. The highest BCUT2D eigenvalue weighted by atomic mass is 32.2. The van der Waals surface area contributed by atoms with Gasteiger partial charge in [-0.15, -0.1) is 11.8 Å². The number of carbonyl (C=O) groups excluding carboxylic acids is 1. The Kier molecular flexibility index (Phi) is 6.05. The van der Waals surface area contributed by atoms with Crippen molar-refractivity contribution in [2.45, 2.75) is 10.6 Å². The van der Waals surface area contributed by atoms with Crippen molar-refractivity contribution < 1.29 is 13.6 Å². The Labute approximate surface area is 178 Å². The Bertz CT molecular complexity index is 1070. The number of nitrogens with zero attached hydrogens (tertiary/aromatic N) is 3. The molecule has 1 aliphatic heterocycles. The first-order chi connectivity index (χ1) is 14.7. The number of amides is 1. The van der Waals surface area contributed by atoms with Crippen LogP contribution in [-0.2, 0) is 5.75 Å². The Morgan fingerprint density at radius 1 is 1.07 bits per heavy atom. The number of rotatable bonds is 5. The molecule has 0 radical (unpaired) electrons. The minimum atomic E-state index is -0.523. The van der Waals surface area contributed by atoms with E-state index in [4.69, 9.17) is 4.42 Å². The van der Waals surface area contributed by atoms with E-state index in [1.165, 1.54) is 6.07 Å². The zero-order valence-corrected chi connectivity index (χ0v) is 17.1. The van der Waals surface area contributed by atoms with Crippen molar-refractivity contribution in [3.8, 4) is 6.07 Å². The molecule has 7 heteroatoms. The van der Waals surface area contributed by atoms with Crippen LogP contribution < -0.4 is 4.90 Å². The van der Waals surface area contributed by atoms with Crippen LogP contribution in [0.25, 0.3) is 0 Å². The summed E-state index contributed by atoms with van der Waals surface area (Å²) in [7, 11) is 0. The number of benzene rings is 2. The fourth-order valence-corrected chi connectivity index (χ4v) is 4.39. The standard InChI is InChI=1S/C23H20FN3O2S/c24-20-7-4-8-21(19(20)15-25)26-10-12-27(13-11-26)23(28)22-17(9-14-29-22)16-30-18-5-2-1-3-6-18/h1-9,14H,10-13,16H2. The average molecular weight is 421 g/mol. The molecule has 1 aromatic heterocycles. The zero-order chi connectivity index (χ0) is 20.9. The average Bonchev–Trinajstić information content (AvgIpc) is 3.26. The summed E-state index contributed by atoms with van der Waals surface area (Å²) in [6.45, 7) is 2.01. The molecular formula is C23H20FN3O2S. The molecule has 2 heterocycles. The number of halogens is 1. The Morgan fingerprint density at radius 2 is 1.83 bits per heavy atom. The lowest BCUT2D eigenvalue weighted by molar-refractivity contribution is 0.0713. The molecule has 0 bridgehead atoms. The first-order valence-corrected chi connectivity index (χ1v) is 10.6. The summed E-state index contributed by atoms with van der Waals surface area (Å²) in [6.07, 6.45) is 1.55. The van der Waals surface area contributed by atoms with E-state index in [1.807, 2.05) is 47.4 Å². The van der Waals surface area contributed by atoms with Gasteiger partial charge >= 0.3 is 0 Å². The normalized spacial score (nSPS) is 13.9. The summed E-state index contributed by atoms with van der Waals surface area (Å²) in [6, 6.07) is 18.4. The molecule has 1 fully saturated rings. The van der Waals surface area contributed by atoms with Gasteiger partial charge in [0.2, 0.25) is 0 Å². The highest BCUT2D eigenvalue weighted by molar-refractivity contribution is 7.98. The molecule has 0 saturated carbocycles. The number of hydrogen-bond acceptors (Lipinski definition) is 5. The molecule has 0 spiro atoms. The van der Waals surface area contributed by atoms with Gasteiger partial charge in [-0.3, -0.25) is 4.79 Å². The lowest BCUT2D eigenvalue weighted by Crippen LogP contribution is -2.49. The smallest absolute Gasteiger partial charge is 0.289 e. The number of hydrogen-bond donors (Lipinski definition) is 0. The van der Waals surface area contributed by atoms with Crippen molar-refractivity contribution in [2.24, 2.45) is 0 Å². The van der Waals surface area contributed by atoms with Crippen molar-refractivity contribution in [3.05, 3.63) is 83.6 Å². The van der Waals surface area contributed by atoms with Crippen molar-refractivity contribution in [1.29, 1.82) is 5.26 Å². The van der Waals surface area contributed by atoms with E-state index in [0.29, 0.717) is 43.4 Å². The van der Waals surface area contributed by atoms with Crippen LogP contribution in [0.5, 0.6) is 0 Å². The molecule has 0 atom stereocenters. The largest absolute Gasteiger partial charge is 0.459 e. The van der Waals surface area contributed by atoms with Crippen molar-refractivity contribution in [1.82, 2.24) is 4.90 Å². The first kappa shape index (κ1) is 20.0. The van der Waals surface area contributed by atoms with Gasteiger partial charge in [-0.25, -0.2) is 4.39 Å².